The van der Waals surface area contributed by atoms with Gasteiger partial charge in [-0.3, -0.25) is 0 Å². The van der Waals surface area contributed by atoms with Crippen molar-refractivity contribution in [3.63, 3.8) is 0 Å². The highest BCUT2D eigenvalue weighted by Crippen LogP contribution is 2.03. The van der Waals surface area contributed by atoms with Gasteiger partial charge < -0.3 is 10.4 Å². The molecule has 0 heterocycles. The third-order valence-electron chi connectivity index (χ3n) is 1.10. The average molecular weight is 188 g/mol. The van der Waals surface area contributed by atoms with E-state index in [0.29, 0.717) is 12.2 Å². The zero-order valence-electron chi connectivity index (χ0n) is 6.91. The van der Waals surface area contributed by atoms with Crippen LogP contribution in [0, 0.1) is 11.3 Å². The van der Waals surface area contributed by atoms with Crippen molar-refractivity contribution in [3.05, 3.63) is 0 Å². The summed E-state index contributed by atoms with van der Waals surface area (Å²) in [6, 6.07) is 1.97. The smallest absolute Gasteiger partial charge is 0.404 e. The second-order valence-electron chi connectivity index (χ2n) is 2.33. The van der Waals surface area contributed by atoms with E-state index >= 15 is 0 Å². The Morgan fingerprint density at radius 1 is 1.83 bits per heavy atom. The maximum atomic E-state index is 10.1. The largest absolute Gasteiger partial charge is 0.465 e. The molecule has 1 amide bonds. The van der Waals surface area contributed by atoms with Gasteiger partial charge in [0.25, 0.3) is 0 Å². The second kappa shape index (κ2) is 6.80. The molecule has 0 radical (unpaired) electrons. The Morgan fingerprint density at radius 2 is 2.50 bits per heavy atom. The van der Waals surface area contributed by atoms with Crippen LogP contribution in [0.5, 0.6) is 0 Å². The van der Waals surface area contributed by atoms with Crippen LogP contribution in [-0.4, -0.2) is 28.7 Å². The summed E-state index contributed by atoms with van der Waals surface area (Å²) in [5.41, 5.74) is 0. The monoisotopic (exact) mass is 188 g/mol. The molecule has 0 rings (SSSR count). The average Bonchev–Trinajstić information content (AvgIpc) is 1.97. The van der Waals surface area contributed by atoms with Crippen molar-refractivity contribution < 1.29 is 9.90 Å². The minimum absolute atomic E-state index is 0.0498. The summed E-state index contributed by atoms with van der Waals surface area (Å²) in [6.07, 6.45) is -0.479. The number of rotatable bonds is 5. The van der Waals surface area contributed by atoms with E-state index in [4.69, 9.17) is 10.4 Å². The number of carbonyl (C=O) groups is 1. The first-order valence-electron chi connectivity index (χ1n) is 3.61. The van der Waals surface area contributed by atoms with Crippen molar-refractivity contribution in [3.8, 4) is 6.07 Å². The predicted octanol–water partition coefficient (Wildman–Crippen LogP) is 1.29. The summed E-state index contributed by atoms with van der Waals surface area (Å²) in [5.74, 6) is 1.48. The molecule has 0 aromatic carbocycles. The van der Waals surface area contributed by atoms with Crippen molar-refractivity contribution in [2.75, 3.05) is 11.5 Å². The van der Waals surface area contributed by atoms with Crippen molar-refractivity contribution in [1.82, 2.24) is 5.32 Å². The second-order valence-corrected chi connectivity index (χ2v) is 3.48. The summed E-state index contributed by atoms with van der Waals surface area (Å²) in [4.78, 5) is 10.1. The number of carboxylic acid groups (broad SMARTS) is 1. The normalized spacial score (nSPS) is 11.7. The van der Waals surface area contributed by atoms with E-state index in [2.05, 4.69) is 5.32 Å². The highest BCUT2D eigenvalue weighted by molar-refractivity contribution is 7.99. The fourth-order valence-electron chi connectivity index (χ4n) is 0.630. The molecule has 12 heavy (non-hydrogen) atoms. The number of hydrogen-bond acceptors (Lipinski definition) is 3. The summed E-state index contributed by atoms with van der Waals surface area (Å²) in [5, 5.41) is 18.9. The Kier molecular flexibility index (Phi) is 6.29. The maximum Gasteiger partial charge on any atom is 0.404 e. The zero-order chi connectivity index (χ0) is 9.40. The Morgan fingerprint density at radius 3 is 3.00 bits per heavy atom. The molecular formula is C7H12N2O2S. The highest BCUT2D eigenvalue weighted by atomic mass is 32.2. The Hall–Kier alpha value is -0.890. The molecule has 0 bridgehead atoms. The van der Waals surface area contributed by atoms with Crippen molar-refractivity contribution >= 4 is 17.9 Å². The Labute approximate surface area is 76.0 Å². The summed E-state index contributed by atoms with van der Waals surface area (Å²) < 4.78 is 0. The predicted molar refractivity (Wildman–Crippen MR) is 48.2 cm³/mol. The lowest BCUT2D eigenvalue weighted by molar-refractivity contribution is 0.192. The standard InChI is InChI=1S/C7H12N2O2S/c1-6(9-7(10)11)5-12-4-2-3-8/h6,9H,2,4-5H2,1H3,(H,10,11)/t6-/m1/s1. The Balaban J connectivity index is 3.26. The molecule has 0 fully saturated rings. The molecule has 0 unspecified atom stereocenters. The van der Waals surface area contributed by atoms with Gasteiger partial charge in [0.15, 0.2) is 0 Å². The third-order valence-corrected chi connectivity index (χ3v) is 2.32. The number of nitriles is 1. The number of amides is 1. The lowest BCUT2D eigenvalue weighted by atomic mass is 10.4. The number of nitrogens with one attached hydrogen (secondary N) is 1. The van der Waals surface area contributed by atoms with E-state index in [1.165, 1.54) is 0 Å². The van der Waals surface area contributed by atoms with Gasteiger partial charge in [0.05, 0.1) is 6.07 Å². The first-order chi connectivity index (χ1) is 5.66. The van der Waals surface area contributed by atoms with Crippen LogP contribution in [0.2, 0.25) is 0 Å². The maximum absolute atomic E-state index is 10.1. The molecule has 0 spiro atoms. The van der Waals surface area contributed by atoms with E-state index in [1.807, 2.05) is 6.07 Å². The summed E-state index contributed by atoms with van der Waals surface area (Å²) >= 11 is 1.58. The molecule has 0 aliphatic heterocycles. The van der Waals surface area contributed by atoms with Crippen LogP contribution < -0.4 is 5.32 Å². The van der Waals surface area contributed by atoms with Crippen LogP contribution in [0.15, 0.2) is 0 Å². The van der Waals surface area contributed by atoms with E-state index in [9.17, 15) is 4.79 Å². The zero-order valence-corrected chi connectivity index (χ0v) is 7.73. The van der Waals surface area contributed by atoms with Gasteiger partial charge >= 0.3 is 6.09 Å². The van der Waals surface area contributed by atoms with Crippen LogP contribution in [0.25, 0.3) is 0 Å². The van der Waals surface area contributed by atoms with E-state index < -0.39 is 6.09 Å². The highest BCUT2D eigenvalue weighted by Gasteiger charge is 2.03. The van der Waals surface area contributed by atoms with Gasteiger partial charge in [-0.2, -0.15) is 17.0 Å². The Bertz CT molecular complexity index is 179. The van der Waals surface area contributed by atoms with Gasteiger partial charge in [-0.05, 0) is 6.92 Å². The van der Waals surface area contributed by atoms with Crippen molar-refractivity contribution in [2.24, 2.45) is 0 Å². The van der Waals surface area contributed by atoms with Gasteiger partial charge in [-0.15, -0.1) is 0 Å². The molecule has 0 aromatic rings. The van der Waals surface area contributed by atoms with E-state index in [1.54, 1.807) is 18.7 Å². The molecule has 2 N–H and O–H groups in total. The van der Waals surface area contributed by atoms with Gasteiger partial charge in [0, 0.05) is 24.0 Å². The van der Waals surface area contributed by atoms with Gasteiger partial charge in [0.2, 0.25) is 0 Å². The third kappa shape index (κ3) is 7.22. The SMILES string of the molecule is C[C@H](CSCCC#N)NC(=O)O. The summed E-state index contributed by atoms with van der Waals surface area (Å²) in [6.45, 7) is 1.80. The molecular weight excluding hydrogens is 176 g/mol. The van der Waals surface area contributed by atoms with E-state index in [0.717, 1.165) is 5.75 Å². The van der Waals surface area contributed by atoms with E-state index in [-0.39, 0.29) is 6.04 Å². The topological polar surface area (TPSA) is 73.1 Å². The minimum atomic E-state index is -0.997. The number of hydrogen-bond donors (Lipinski definition) is 2. The molecule has 4 nitrogen and oxygen atoms in total. The number of thioether (sulfide) groups is 1. The molecule has 5 heteroatoms. The lowest BCUT2D eigenvalue weighted by Crippen LogP contribution is -2.32. The van der Waals surface area contributed by atoms with Gasteiger partial charge in [0.1, 0.15) is 0 Å². The molecule has 0 aromatic heterocycles. The van der Waals surface area contributed by atoms with Crippen molar-refractivity contribution in [2.45, 2.75) is 19.4 Å². The van der Waals surface area contributed by atoms with Gasteiger partial charge in [-0.1, -0.05) is 0 Å². The molecule has 0 aliphatic carbocycles. The van der Waals surface area contributed by atoms with Crippen LogP contribution in [0.3, 0.4) is 0 Å². The van der Waals surface area contributed by atoms with Crippen LogP contribution in [0.1, 0.15) is 13.3 Å². The van der Waals surface area contributed by atoms with Crippen LogP contribution in [-0.2, 0) is 0 Å². The fraction of sp³-hybridized carbons (Fsp3) is 0.714. The van der Waals surface area contributed by atoms with Crippen molar-refractivity contribution in [1.29, 1.82) is 5.26 Å². The minimum Gasteiger partial charge on any atom is -0.465 e. The van der Waals surface area contributed by atoms with Gasteiger partial charge in [-0.25, -0.2) is 4.79 Å². The fourth-order valence-corrected chi connectivity index (χ4v) is 1.47. The first kappa shape index (κ1) is 11.1. The molecule has 1 atom stereocenters. The van der Waals surface area contributed by atoms with Crippen LogP contribution >= 0.6 is 11.8 Å². The first-order valence-corrected chi connectivity index (χ1v) is 4.76. The molecule has 0 saturated heterocycles. The van der Waals surface area contributed by atoms with Crippen LogP contribution in [0.4, 0.5) is 4.79 Å². The summed E-state index contributed by atoms with van der Waals surface area (Å²) in [7, 11) is 0. The molecule has 68 valence electrons. The lowest BCUT2D eigenvalue weighted by Gasteiger charge is -2.09. The number of nitrogens with zero attached hydrogens (tertiary/aromatic N) is 1. The quantitative estimate of drug-likeness (QED) is 0.637. The molecule has 0 saturated carbocycles. The molecule has 0 aliphatic rings.